The molecule has 0 fully saturated rings. The van der Waals surface area contributed by atoms with Crippen LogP contribution in [0.25, 0.3) is 0 Å². The Morgan fingerprint density at radius 2 is 2.00 bits per heavy atom. The third-order valence-electron chi connectivity index (χ3n) is 2.50. The van der Waals surface area contributed by atoms with Gasteiger partial charge in [0.1, 0.15) is 11.5 Å². The van der Waals surface area contributed by atoms with Crippen LogP contribution in [0.3, 0.4) is 0 Å². The van der Waals surface area contributed by atoms with Gasteiger partial charge in [0.15, 0.2) is 0 Å². The van der Waals surface area contributed by atoms with Gasteiger partial charge in [0.05, 0.1) is 0 Å². The van der Waals surface area contributed by atoms with Crippen LogP contribution in [0.4, 0.5) is 20.6 Å². The first-order chi connectivity index (χ1) is 9.45. The van der Waals surface area contributed by atoms with Gasteiger partial charge < -0.3 is 15.6 Å². The largest absolute Gasteiger partial charge is 0.325 e. The highest BCUT2D eigenvalue weighted by atomic mass is 19.1. The summed E-state index contributed by atoms with van der Waals surface area (Å²) >= 11 is 0. The summed E-state index contributed by atoms with van der Waals surface area (Å²) in [5, 5.41) is 4.60. The van der Waals surface area contributed by atoms with Gasteiger partial charge in [-0.15, -0.1) is 0 Å². The molecule has 1 aromatic carbocycles. The van der Waals surface area contributed by atoms with Crippen LogP contribution in [0.2, 0.25) is 0 Å². The molecule has 2 aromatic rings. The molecule has 2 rings (SSSR count). The maximum Gasteiger partial charge on any atom is 0.325 e. The van der Waals surface area contributed by atoms with Crippen LogP contribution in [0.1, 0.15) is 5.56 Å². The van der Waals surface area contributed by atoms with Crippen molar-refractivity contribution >= 4 is 17.4 Å². The van der Waals surface area contributed by atoms with E-state index < -0.39 is 23.1 Å². The number of nitrogens with one attached hydrogen (secondary N) is 4. The zero-order valence-electron chi connectivity index (χ0n) is 10.4. The number of urea groups is 1. The predicted molar refractivity (Wildman–Crippen MR) is 71.5 cm³/mol. The fraction of sp³-hybridized carbons (Fsp3) is 0.0833. The van der Waals surface area contributed by atoms with Crippen molar-refractivity contribution in [2.24, 2.45) is 0 Å². The number of aromatic amines is 2. The number of H-pyrrole nitrogens is 2. The highest BCUT2D eigenvalue weighted by Gasteiger charge is 2.07. The molecule has 1 heterocycles. The van der Waals surface area contributed by atoms with Crippen LogP contribution in [0, 0.1) is 12.7 Å². The van der Waals surface area contributed by atoms with Crippen LogP contribution in [0.15, 0.2) is 34.0 Å². The molecule has 0 atom stereocenters. The van der Waals surface area contributed by atoms with Gasteiger partial charge in [-0.25, -0.2) is 14.0 Å². The molecule has 1 aromatic heterocycles. The second kappa shape index (κ2) is 5.39. The minimum Gasteiger partial charge on any atom is -0.312 e. The molecule has 7 nitrogen and oxygen atoms in total. The molecule has 2 amide bonds. The highest BCUT2D eigenvalue weighted by Crippen LogP contribution is 2.13. The van der Waals surface area contributed by atoms with Crippen LogP contribution >= 0.6 is 0 Å². The molecule has 8 heteroatoms. The number of benzene rings is 1. The number of rotatable bonds is 2. The quantitative estimate of drug-likeness (QED) is 0.662. The standard InChI is InChI=1S/C12H11FN4O3/c1-6-2-3-7(4-8(6)13)15-12(20)16-9-5-14-11(19)17-10(9)18/h2-5H,1H3,(H2,15,16,20)(H2,14,17,18,19). The van der Waals surface area contributed by atoms with Gasteiger partial charge in [-0.2, -0.15) is 0 Å². The van der Waals surface area contributed by atoms with E-state index in [4.69, 9.17) is 0 Å². The molecule has 0 radical (unpaired) electrons. The number of anilines is 2. The van der Waals surface area contributed by atoms with Gasteiger partial charge in [-0.3, -0.25) is 9.78 Å². The summed E-state index contributed by atoms with van der Waals surface area (Å²) in [5.74, 6) is -0.454. The lowest BCUT2D eigenvalue weighted by Crippen LogP contribution is -2.28. The molecule has 104 valence electrons. The number of hydrogen-bond donors (Lipinski definition) is 4. The van der Waals surface area contributed by atoms with Gasteiger partial charge in [-0.05, 0) is 24.6 Å². The first-order valence-corrected chi connectivity index (χ1v) is 5.62. The van der Waals surface area contributed by atoms with Crippen LogP contribution in [-0.4, -0.2) is 16.0 Å². The van der Waals surface area contributed by atoms with Crippen molar-refractivity contribution in [2.45, 2.75) is 6.92 Å². The number of carbonyl (C=O) groups is 1. The number of carbonyl (C=O) groups excluding carboxylic acids is 1. The number of aryl methyl sites for hydroxylation is 1. The summed E-state index contributed by atoms with van der Waals surface area (Å²) < 4.78 is 13.3. The van der Waals surface area contributed by atoms with E-state index in [0.717, 1.165) is 12.3 Å². The lowest BCUT2D eigenvalue weighted by molar-refractivity contribution is 0.262. The molecule has 20 heavy (non-hydrogen) atoms. The van der Waals surface area contributed by atoms with Crippen LogP contribution in [0.5, 0.6) is 0 Å². The average molecular weight is 278 g/mol. The summed E-state index contributed by atoms with van der Waals surface area (Å²) in [6, 6.07) is 3.46. The molecule has 0 bridgehead atoms. The Hall–Kier alpha value is -2.90. The summed E-state index contributed by atoms with van der Waals surface area (Å²) in [6.45, 7) is 1.60. The number of hydrogen-bond acceptors (Lipinski definition) is 3. The number of amides is 2. The Morgan fingerprint density at radius 1 is 1.25 bits per heavy atom. The Kier molecular flexibility index (Phi) is 3.65. The fourth-order valence-electron chi connectivity index (χ4n) is 1.46. The third-order valence-corrected chi connectivity index (χ3v) is 2.50. The van der Waals surface area contributed by atoms with E-state index in [1.807, 2.05) is 4.98 Å². The van der Waals surface area contributed by atoms with Crippen molar-refractivity contribution in [3.05, 3.63) is 56.6 Å². The topological polar surface area (TPSA) is 107 Å². The van der Waals surface area contributed by atoms with E-state index in [2.05, 4.69) is 15.6 Å². The molecule has 0 spiro atoms. The van der Waals surface area contributed by atoms with Crippen molar-refractivity contribution < 1.29 is 9.18 Å². The van der Waals surface area contributed by atoms with E-state index in [0.29, 0.717) is 5.56 Å². The predicted octanol–water partition coefficient (Wildman–Crippen LogP) is 1.15. The Bertz CT molecular complexity index is 766. The lowest BCUT2D eigenvalue weighted by atomic mass is 10.2. The summed E-state index contributed by atoms with van der Waals surface area (Å²) in [4.78, 5) is 38.0. The van der Waals surface area contributed by atoms with Crippen molar-refractivity contribution in [3.8, 4) is 0 Å². The van der Waals surface area contributed by atoms with Gasteiger partial charge in [0, 0.05) is 11.9 Å². The van der Waals surface area contributed by atoms with Gasteiger partial charge in [0.2, 0.25) is 0 Å². The third kappa shape index (κ3) is 3.10. The van der Waals surface area contributed by atoms with Crippen molar-refractivity contribution in [2.75, 3.05) is 10.6 Å². The first-order valence-electron chi connectivity index (χ1n) is 5.62. The Labute approximate surface area is 111 Å². The fourth-order valence-corrected chi connectivity index (χ4v) is 1.46. The minimum absolute atomic E-state index is 0.130. The molecule has 0 aliphatic rings. The second-order valence-electron chi connectivity index (χ2n) is 4.03. The number of aromatic nitrogens is 2. The van der Waals surface area contributed by atoms with E-state index in [1.165, 1.54) is 12.1 Å². The van der Waals surface area contributed by atoms with Crippen molar-refractivity contribution in [3.63, 3.8) is 0 Å². The average Bonchev–Trinajstić information content (AvgIpc) is 2.37. The summed E-state index contributed by atoms with van der Waals surface area (Å²) in [6.07, 6.45) is 1.07. The van der Waals surface area contributed by atoms with Crippen LogP contribution in [-0.2, 0) is 0 Å². The van der Waals surface area contributed by atoms with Gasteiger partial charge in [0.25, 0.3) is 5.56 Å². The Balaban J connectivity index is 2.10. The zero-order valence-corrected chi connectivity index (χ0v) is 10.4. The number of halogens is 1. The molecule has 0 aliphatic carbocycles. The van der Waals surface area contributed by atoms with E-state index >= 15 is 0 Å². The van der Waals surface area contributed by atoms with Crippen LogP contribution < -0.4 is 21.9 Å². The van der Waals surface area contributed by atoms with E-state index in [-0.39, 0.29) is 11.4 Å². The van der Waals surface area contributed by atoms with E-state index in [9.17, 15) is 18.8 Å². The van der Waals surface area contributed by atoms with Gasteiger partial charge in [-0.1, -0.05) is 6.07 Å². The maximum absolute atomic E-state index is 13.3. The van der Waals surface area contributed by atoms with E-state index in [1.54, 1.807) is 6.92 Å². The smallest absolute Gasteiger partial charge is 0.312 e. The molecular formula is C12H11FN4O3. The highest BCUT2D eigenvalue weighted by molar-refractivity contribution is 5.99. The molecule has 0 saturated carbocycles. The summed E-state index contributed by atoms with van der Waals surface area (Å²) in [7, 11) is 0. The first kappa shape index (κ1) is 13.5. The lowest BCUT2D eigenvalue weighted by Gasteiger charge is -2.07. The summed E-state index contributed by atoms with van der Waals surface area (Å²) in [5.41, 5.74) is -0.852. The zero-order chi connectivity index (χ0) is 14.7. The normalized spacial score (nSPS) is 10.1. The van der Waals surface area contributed by atoms with Gasteiger partial charge >= 0.3 is 11.7 Å². The Morgan fingerprint density at radius 3 is 2.65 bits per heavy atom. The maximum atomic E-state index is 13.3. The SMILES string of the molecule is Cc1ccc(NC(=O)Nc2c[nH]c(=O)[nH]c2=O)cc1F. The monoisotopic (exact) mass is 278 g/mol. The molecule has 4 N–H and O–H groups in total. The molecule has 0 aliphatic heterocycles. The van der Waals surface area contributed by atoms with Crippen molar-refractivity contribution in [1.29, 1.82) is 0 Å². The van der Waals surface area contributed by atoms with Crippen molar-refractivity contribution in [1.82, 2.24) is 9.97 Å². The molecule has 0 unspecified atom stereocenters. The minimum atomic E-state index is -0.737. The molecule has 0 saturated heterocycles. The molecular weight excluding hydrogens is 267 g/mol. The second-order valence-corrected chi connectivity index (χ2v) is 4.03.